The van der Waals surface area contributed by atoms with Crippen LogP contribution in [-0.4, -0.2) is 21.1 Å². The van der Waals surface area contributed by atoms with Gasteiger partial charge in [0.25, 0.3) is 0 Å². The predicted octanol–water partition coefficient (Wildman–Crippen LogP) is 4.77. The Bertz CT molecular complexity index is 1360. The molecule has 3 aromatic rings. The van der Waals surface area contributed by atoms with Crippen molar-refractivity contribution in [2.75, 3.05) is 0 Å². The van der Waals surface area contributed by atoms with Crippen LogP contribution in [0.15, 0.2) is 59.7 Å². The maximum atomic E-state index is 13.2. The Kier molecular flexibility index (Phi) is 3.88. The number of esters is 2. The number of hydrogen-bond donors (Lipinski definition) is 0. The molecule has 6 rings (SSSR count). The third-order valence-electron chi connectivity index (χ3n) is 7.18. The van der Waals surface area contributed by atoms with Gasteiger partial charge in [0.15, 0.2) is 4.77 Å². The van der Waals surface area contributed by atoms with Gasteiger partial charge in [0.2, 0.25) is 0 Å². The molecule has 3 aliphatic rings. The molecule has 0 spiro atoms. The summed E-state index contributed by atoms with van der Waals surface area (Å²) in [4.78, 5) is 26.3. The van der Waals surface area contributed by atoms with Crippen molar-refractivity contribution in [3.05, 3.63) is 97.0 Å². The number of carbonyl (C=O) groups excluding carboxylic acids is 2. The van der Waals surface area contributed by atoms with E-state index in [1.54, 1.807) is 24.3 Å². The number of ether oxygens (including phenoxy) is 1. The number of hydrogen-bond acceptors (Lipinski definition) is 4. The third kappa shape index (κ3) is 2.08. The normalized spacial score (nSPS) is 25.4. The molecule has 2 bridgehead atoms. The molecule has 2 aliphatic carbocycles. The van der Waals surface area contributed by atoms with E-state index in [1.165, 1.54) is 0 Å². The van der Waals surface area contributed by atoms with Gasteiger partial charge in [0.1, 0.15) is 0 Å². The first-order chi connectivity index (χ1) is 15.2. The summed E-state index contributed by atoms with van der Waals surface area (Å²) in [6, 6.07) is 14.8. The number of rotatable bonds is 2. The molecule has 0 fully saturated rings. The van der Waals surface area contributed by atoms with Gasteiger partial charge in [-0.15, -0.1) is 0 Å². The van der Waals surface area contributed by atoms with E-state index in [9.17, 15) is 9.59 Å². The van der Waals surface area contributed by atoms with E-state index in [2.05, 4.69) is 0 Å². The summed E-state index contributed by atoms with van der Waals surface area (Å²) in [6.45, 7) is 0. The van der Waals surface area contributed by atoms with Crippen LogP contribution in [0, 0.1) is 4.77 Å². The molecule has 160 valence electrons. The summed E-state index contributed by atoms with van der Waals surface area (Å²) in [6.07, 6.45) is 0.483. The Labute approximate surface area is 198 Å². The van der Waals surface area contributed by atoms with Crippen molar-refractivity contribution in [1.82, 2.24) is 9.13 Å². The zero-order valence-electron chi connectivity index (χ0n) is 17.1. The van der Waals surface area contributed by atoms with Gasteiger partial charge in [-0.25, -0.2) is 9.59 Å². The molecule has 0 N–H and O–H groups in total. The van der Waals surface area contributed by atoms with Crippen molar-refractivity contribution in [2.45, 2.75) is 17.3 Å². The molecule has 32 heavy (non-hydrogen) atoms. The number of nitrogens with zero attached hydrogens (tertiary/aromatic N) is 2. The van der Waals surface area contributed by atoms with Crippen molar-refractivity contribution >= 4 is 47.4 Å². The van der Waals surface area contributed by atoms with Crippen LogP contribution in [0.1, 0.15) is 28.9 Å². The summed E-state index contributed by atoms with van der Waals surface area (Å²) in [5.74, 6) is -1.20. The second kappa shape index (κ2) is 6.22. The monoisotopic (exact) mass is 482 g/mol. The summed E-state index contributed by atoms with van der Waals surface area (Å²) in [7, 11) is 3.80. The van der Waals surface area contributed by atoms with Gasteiger partial charge in [-0.3, -0.25) is 0 Å². The minimum Gasteiger partial charge on any atom is -0.386 e. The van der Waals surface area contributed by atoms with Gasteiger partial charge in [0.05, 0.1) is 33.4 Å². The number of aromatic nitrogens is 2. The van der Waals surface area contributed by atoms with Crippen LogP contribution in [0.25, 0.3) is 0 Å². The van der Waals surface area contributed by atoms with Gasteiger partial charge >= 0.3 is 11.9 Å². The first-order valence-corrected chi connectivity index (χ1v) is 11.2. The zero-order valence-corrected chi connectivity index (χ0v) is 19.4. The molecule has 2 aromatic carbocycles. The number of fused-ring (bicyclic) bond motifs is 7. The Morgan fingerprint density at radius 1 is 0.781 bits per heavy atom. The first-order valence-electron chi connectivity index (χ1n) is 10.0. The van der Waals surface area contributed by atoms with Crippen molar-refractivity contribution in [3.63, 3.8) is 0 Å². The van der Waals surface area contributed by atoms with Crippen LogP contribution >= 0.6 is 35.4 Å². The molecule has 0 saturated heterocycles. The molecule has 1 aliphatic heterocycles. The van der Waals surface area contributed by atoms with E-state index in [0.29, 0.717) is 32.4 Å². The fourth-order valence-corrected chi connectivity index (χ4v) is 6.52. The zero-order chi connectivity index (χ0) is 22.6. The molecule has 5 nitrogen and oxygen atoms in total. The molecular formula is C24H16Cl2N2O3S. The number of carbonyl (C=O) groups is 2. The van der Waals surface area contributed by atoms with Crippen LogP contribution in [0.2, 0.25) is 10.0 Å². The quantitative estimate of drug-likeness (QED) is 0.300. The second-order valence-electron chi connectivity index (χ2n) is 8.53. The van der Waals surface area contributed by atoms with E-state index in [1.807, 2.05) is 47.5 Å². The van der Waals surface area contributed by atoms with E-state index in [4.69, 9.17) is 40.2 Å². The second-order valence-corrected chi connectivity index (χ2v) is 9.76. The molecular weight excluding hydrogens is 467 g/mol. The number of halogens is 2. The summed E-state index contributed by atoms with van der Waals surface area (Å²) in [5, 5.41) is 1.18. The smallest absolute Gasteiger partial charge is 0.343 e. The fourth-order valence-electron chi connectivity index (χ4n) is 6.09. The largest absolute Gasteiger partial charge is 0.386 e. The predicted molar refractivity (Wildman–Crippen MR) is 122 cm³/mol. The molecule has 2 heterocycles. The minimum absolute atomic E-state index is 0.392. The number of imidazole rings is 1. The summed E-state index contributed by atoms with van der Waals surface area (Å²) in [5.41, 5.74) is 2.54. The molecule has 0 saturated carbocycles. The van der Waals surface area contributed by atoms with E-state index in [0.717, 1.165) is 22.5 Å². The third-order valence-corrected chi connectivity index (χ3v) is 8.23. The highest BCUT2D eigenvalue weighted by Gasteiger charge is 2.72. The van der Waals surface area contributed by atoms with E-state index < -0.39 is 22.8 Å². The standard InChI is InChI=1S/C24H16Cl2N2O3S/c1-27-18-19(28(2)22(27)32)24(13-5-9-15(26)10-6-13)11-23(18,12-3-7-14(25)8-4-12)16-17(24)21(30)31-20(16)29/h3-10H,11H2,1-2H3/t23-,24+. The Balaban J connectivity index is 1.82. The molecule has 0 unspecified atom stereocenters. The van der Waals surface area contributed by atoms with Crippen LogP contribution in [0.4, 0.5) is 0 Å². The van der Waals surface area contributed by atoms with Crippen molar-refractivity contribution in [3.8, 4) is 0 Å². The minimum atomic E-state index is -0.887. The molecule has 2 atom stereocenters. The van der Waals surface area contributed by atoms with Crippen molar-refractivity contribution in [1.29, 1.82) is 0 Å². The lowest BCUT2D eigenvalue weighted by Crippen LogP contribution is -2.32. The summed E-state index contributed by atoms with van der Waals surface area (Å²) < 4.78 is 9.70. The average molecular weight is 483 g/mol. The molecule has 0 amide bonds. The van der Waals surface area contributed by atoms with Crippen LogP contribution in [0.5, 0.6) is 0 Å². The van der Waals surface area contributed by atoms with Crippen molar-refractivity contribution in [2.24, 2.45) is 14.1 Å². The highest BCUT2D eigenvalue weighted by molar-refractivity contribution is 7.71. The average Bonchev–Trinajstić information content (AvgIpc) is 3.43. The van der Waals surface area contributed by atoms with Gasteiger partial charge in [-0.1, -0.05) is 47.5 Å². The van der Waals surface area contributed by atoms with Gasteiger partial charge in [-0.2, -0.15) is 0 Å². The van der Waals surface area contributed by atoms with Crippen molar-refractivity contribution < 1.29 is 14.3 Å². The van der Waals surface area contributed by atoms with E-state index in [-0.39, 0.29) is 0 Å². The molecule has 0 radical (unpaired) electrons. The molecule has 8 heteroatoms. The number of cyclic esters (lactones) is 2. The van der Waals surface area contributed by atoms with Gasteiger partial charge in [-0.05, 0) is 54.0 Å². The lowest BCUT2D eigenvalue weighted by molar-refractivity contribution is -0.151. The van der Waals surface area contributed by atoms with E-state index >= 15 is 0 Å². The maximum Gasteiger partial charge on any atom is 0.343 e. The van der Waals surface area contributed by atoms with Crippen LogP contribution < -0.4 is 0 Å². The SMILES string of the molecule is Cn1c2c(n(C)c1=S)[C@]1(c3ccc(Cl)cc3)C[C@@]2(c2ccc(Cl)cc2)C2=C1C(=O)OC2=O. The lowest BCUT2D eigenvalue weighted by atomic mass is 9.72. The first kappa shape index (κ1) is 20.0. The van der Waals surface area contributed by atoms with Crippen LogP contribution in [-0.2, 0) is 39.3 Å². The topological polar surface area (TPSA) is 53.2 Å². The highest BCUT2D eigenvalue weighted by Crippen LogP contribution is 2.69. The number of benzene rings is 2. The Morgan fingerprint density at radius 2 is 1.16 bits per heavy atom. The lowest BCUT2D eigenvalue weighted by Gasteiger charge is -2.30. The molecule has 1 aromatic heterocycles. The van der Waals surface area contributed by atoms with Gasteiger partial charge in [0, 0.05) is 24.1 Å². The maximum absolute atomic E-state index is 13.2. The van der Waals surface area contributed by atoms with Gasteiger partial charge < -0.3 is 13.9 Å². The van der Waals surface area contributed by atoms with Crippen LogP contribution in [0.3, 0.4) is 0 Å². The fraction of sp³-hybridized carbons (Fsp3) is 0.208. The highest BCUT2D eigenvalue weighted by atomic mass is 35.5. The Hall–Kier alpha value is -2.67. The summed E-state index contributed by atoms with van der Waals surface area (Å²) >= 11 is 18.1. The Morgan fingerprint density at radius 3 is 1.53 bits per heavy atom.